The van der Waals surface area contributed by atoms with Gasteiger partial charge in [0.25, 0.3) is 6.71 Å². The lowest BCUT2D eigenvalue weighted by atomic mass is 9.35. The molecule has 1 radical (unpaired) electrons. The van der Waals surface area contributed by atoms with Crippen molar-refractivity contribution in [2.24, 2.45) is 0 Å². The summed E-state index contributed by atoms with van der Waals surface area (Å²) in [4.78, 5) is 4.87. The lowest BCUT2D eigenvalue weighted by molar-refractivity contribution is 0.463. The van der Waals surface area contributed by atoms with E-state index in [1.807, 2.05) is 0 Å². The van der Waals surface area contributed by atoms with Crippen LogP contribution in [0.3, 0.4) is 0 Å². The molecule has 3 heterocycles. The molecule has 8 rings (SSSR count). The molecule has 0 amide bonds. The predicted molar refractivity (Wildman–Crippen MR) is 210 cm³/mol. The first-order valence-electron chi connectivity index (χ1n) is 18.2. The van der Waals surface area contributed by atoms with Gasteiger partial charge < -0.3 is 19.3 Å². The minimum absolute atomic E-state index is 0.0336. The van der Waals surface area contributed by atoms with Crippen LogP contribution in [0.25, 0.3) is 0 Å². The largest absolute Gasteiger partial charge is 0.458 e. The maximum Gasteiger partial charge on any atom is 0.260 e. The molecule has 0 aliphatic carbocycles. The SMILES string of the molecule is CC(C)c1cccc(C(C)C)c1N1C=CN(c2c(C(C)C)cccc2C(C)C)[C]1c1cc2c3c(c1)Oc1ccccc1B3c1ccccc1O2. The minimum Gasteiger partial charge on any atom is -0.458 e. The summed E-state index contributed by atoms with van der Waals surface area (Å²) in [6.07, 6.45) is 5.61. The Kier molecular flexibility index (Phi) is 8.05. The summed E-state index contributed by atoms with van der Waals surface area (Å²) < 4.78 is 13.6. The fraction of sp³-hybridized carbons (Fsp3) is 0.267. The molecule has 251 valence electrons. The summed E-state index contributed by atoms with van der Waals surface area (Å²) in [6.45, 7) is 18.4. The van der Waals surface area contributed by atoms with Crippen molar-refractivity contribution in [3.8, 4) is 23.0 Å². The molecule has 3 aliphatic rings. The second kappa shape index (κ2) is 12.5. The smallest absolute Gasteiger partial charge is 0.260 e. The highest BCUT2D eigenvalue weighted by molar-refractivity contribution is 6.98. The minimum atomic E-state index is 0.0336. The first kappa shape index (κ1) is 32.3. The summed E-state index contributed by atoms with van der Waals surface area (Å²) in [7, 11) is 0. The van der Waals surface area contributed by atoms with Crippen molar-refractivity contribution in [3.63, 3.8) is 0 Å². The van der Waals surface area contributed by atoms with Crippen molar-refractivity contribution >= 4 is 34.5 Å². The average Bonchev–Trinajstić information content (AvgIpc) is 3.55. The quantitative estimate of drug-likeness (QED) is 0.159. The van der Waals surface area contributed by atoms with Crippen LogP contribution in [0.1, 0.15) is 107 Å². The van der Waals surface area contributed by atoms with Crippen LogP contribution in [-0.4, -0.2) is 6.71 Å². The molecular weight excluding hydrogens is 611 g/mol. The normalized spacial score (nSPS) is 14.8. The van der Waals surface area contributed by atoms with E-state index in [2.05, 4.69) is 175 Å². The molecule has 0 spiro atoms. The Hall–Kier alpha value is -4.90. The molecular formula is C45H46BN2O2. The van der Waals surface area contributed by atoms with Crippen molar-refractivity contribution in [2.45, 2.75) is 79.1 Å². The second-order valence-corrected chi connectivity index (χ2v) is 15.1. The molecule has 5 heteroatoms. The Labute approximate surface area is 298 Å². The third-order valence-corrected chi connectivity index (χ3v) is 10.5. The number of rotatable bonds is 7. The third-order valence-electron chi connectivity index (χ3n) is 10.5. The average molecular weight is 658 g/mol. The van der Waals surface area contributed by atoms with E-state index in [0.29, 0.717) is 23.7 Å². The second-order valence-electron chi connectivity index (χ2n) is 15.1. The van der Waals surface area contributed by atoms with Gasteiger partial charge in [0.15, 0.2) is 6.17 Å². The highest BCUT2D eigenvalue weighted by atomic mass is 16.5. The van der Waals surface area contributed by atoms with E-state index in [1.165, 1.54) is 44.6 Å². The number of fused-ring (bicyclic) bond motifs is 4. The van der Waals surface area contributed by atoms with Gasteiger partial charge in [-0.25, -0.2) is 0 Å². The zero-order valence-electron chi connectivity index (χ0n) is 30.5. The summed E-state index contributed by atoms with van der Waals surface area (Å²) in [6, 6.07) is 35.0. The molecule has 0 bridgehead atoms. The van der Waals surface area contributed by atoms with Crippen molar-refractivity contribution in [3.05, 3.63) is 143 Å². The summed E-state index contributed by atoms with van der Waals surface area (Å²) in [5, 5.41) is 0. The summed E-state index contributed by atoms with van der Waals surface area (Å²) in [5.41, 5.74) is 12.3. The van der Waals surface area contributed by atoms with Gasteiger partial charge in [-0.2, -0.15) is 0 Å². The number of hydrogen-bond donors (Lipinski definition) is 0. The molecule has 0 N–H and O–H groups in total. The van der Waals surface area contributed by atoms with Crippen molar-refractivity contribution in [1.29, 1.82) is 0 Å². The van der Waals surface area contributed by atoms with Gasteiger partial charge in [-0.15, -0.1) is 0 Å². The van der Waals surface area contributed by atoms with Crippen LogP contribution in [0, 0.1) is 6.17 Å². The standard InChI is InChI=1S/C45H46BN2O2/c1-27(2)32-15-13-16-33(28(3)4)43(32)47-23-24-48(44-34(29(5)6)17-14-18-35(44)30(7)8)45(47)31-25-40-42-41(26-31)50-39-22-12-10-20-37(39)46(42)36-19-9-11-21-38(36)49-40/h9-30H,1-8H3. The van der Waals surface area contributed by atoms with Gasteiger partial charge in [-0.05, 0) is 81.1 Å². The maximum absolute atomic E-state index is 6.82. The number of anilines is 2. The maximum atomic E-state index is 6.82. The molecule has 0 unspecified atom stereocenters. The van der Waals surface area contributed by atoms with E-state index < -0.39 is 0 Å². The van der Waals surface area contributed by atoms with Crippen LogP contribution in [0.2, 0.25) is 0 Å². The van der Waals surface area contributed by atoms with Crippen LogP contribution < -0.4 is 35.7 Å². The van der Waals surface area contributed by atoms with E-state index in [-0.39, 0.29) is 6.71 Å². The molecule has 0 aromatic heterocycles. The topological polar surface area (TPSA) is 24.9 Å². The third kappa shape index (κ3) is 5.13. The Morgan fingerprint density at radius 2 is 0.840 bits per heavy atom. The first-order valence-corrected chi connectivity index (χ1v) is 18.2. The molecule has 0 fully saturated rings. The molecule has 5 aromatic rings. The highest BCUT2D eigenvalue weighted by Gasteiger charge is 2.43. The number of benzene rings is 5. The van der Waals surface area contributed by atoms with Gasteiger partial charge in [0.05, 0.1) is 11.4 Å². The monoisotopic (exact) mass is 657 g/mol. The van der Waals surface area contributed by atoms with Crippen molar-refractivity contribution in [2.75, 3.05) is 9.80 Å². The van der Waals surface area contributed by atoms with E-state index in [1.54, 1.807) is 0 Å². The van der Waals surface area contributed by atoms with Gasteiger partial charge in [-0.3, -0.25) is 0 Å². The van der Waals surface area contributed by atoms with Crippen LogP contribution in [0.15, 0.2) is 109 Å². The molecule has 0 atom stereocenters. The number of hydrogen-bond acceptors (Lipinski definition) is 4. The molecule has 4 nitrogen and oxygen atoms in total. The van der Waals surface area contributed by atoms with Gasteiger partial charge in [0.1, 0.15) is 23.0 Å². The predicted octanol–water partition coefficient (Wildman–Crippen LogP) is 10.2. The van der Waals surface area contributed by atoms with E-state index >= 15 is 0 Å². The van der Waals surface area contributed by atoms with Crippen molar-refractivity contribution in [1.82, 2.24) is 0 Å². The summed E-state index contributed by atoms with van der Waals surface area (Å²) >= 11 is 0. The van der Waals surface area contributed by atoms with Gasteiger partial charge in [0, 0.05) is 23.4 Å². The van der Waals surface area contributed by atoms with E-state index in [9.17, 15) is 0 Å². The van der Waals surface area contributed by atoms with Gasteiger partial charge in [0.2, 0.25) is 0 Å². The lowest BCUT2D eigenvalue weighted by Gasteiger charge is -2.38. The van der Waals surface area contributed by atoms with Crippen molar-refractivity contribution < 1.29 is 9.47 Å². The zero-order chi connectivity index (χ0) is 34.8. The van der Waals surface area contributed by atoms with E-state index in [0.717, 1.165) is 40.2 Å². The zero-order valence-corrected chi connectivity index (χ0v) is 30.5. The molecule has 50 heavy (non-hydrogen) atoms. The molecule has 5 aromatic carbocycles. The fourth-order valence-electron chi connectivity index (χ4n) is 8.13. The Morgan fingerprint density at radius 3 is 1.22 bits per heavy atom. The fourth-order valence-corrected chi connectivity index (χ4v) is 8.13. The number of nitrogens with zero attached hydrogens (tertiary/aromatic N) is 2. The Balaban J connectivity index is 1.39. The van der Waals surface area contributed by atoms with Crippen LogP contribution >= 0.6 is 0 Å². The van der Waals surface area contributed by atoms with Crippen LogP contribution in [-0.2, 0) is 0 Å². The van der Waals surface area contributed by atoms with E-state index in [4.69, 9.17) is 9.47 Å². The molecule has 3 aliphatic heterocycles. The van der Waals surface area contributed by atoms with Crippen LogP contribution in [0.4, 0.5) is 11.4 Å². The first-order chi connectivity index (χ1) is 24.1. The lowest BCUT2D eigenvalue weighted by Crippen LogP contribution is -2.57. The molecule has 0 saturated heterocycles. The Morgan fingerprint density at radius 1 is 0.460 bits per heavy atom. The number of ether oxygens (including phenoxy) is 2. The van der Waals surface area contributed by atoms with Crippen LogP contribution in [0.5, 0.6) is 23.0 Å². The van der Waals surface area contributed by atoms with Gasteiger partial charge in [-0.1, -0.05) is 128 Å². The number of para-hydroxylation sites is 4. The van der Waals surface area contributed by atoms with Gasteiger partial charge >= 0.3 is 0 Å². The highest BCUT2D eigenvalue weighted by Crippen LogP contribution is 2.49. The summed E-state index contributed by atoms with van der Waals surface area (Å²) in [5.74, 6) is 4.84. The Bertz CT molecular complexity index is 1930. The molecule has 0 saturated carbocycles.